The van der Waals surface area contributed by atoms with Crippen LogP contribution >= 0.6 is 11.3 Å². The third kappa shape index (κ3) is 3.24. The molecule has 1 fully saturated rings. The number of piperidine rings is 1. The molecule has 1 N–H and O–H groups in total. The SMILES string of the molecule is Cc1ccc(-c2ccc(C(=O)N3CCC(C(=O)O)(c4ccccc4)CC3)s2)o1. The molecule has 28 heavy (non-hydrogen) atoms. The standard InChI is InChI=1S/C22H21NO4S/c1-15-7-8-17(27-15)18-9-10-19(28-18)20(24)23-13-11-22(12-14-23,21(25)26)16-5-3-2-4-6-16/h2-10H,11-14H2,1H3,(H,25,26). The second kappa shape index (κ2) is 7.28. The zero-order valence-electron chi connectivity index (χ0n) is 15.6. The third-order valence-electron chi connectivity index (χ3n) is 5.44. The van der Waals surface area contributed by atoms with E-state index in [1.807, 2.05) is 61.5 Å². The molecule has 0 aliphatic carbocycles. The van der Waals surface area contributed by atoms with Gasteiger partial charge in [-0.3, -0.25) is 9.59 Å². The van der Waals surface area contributed by atoms with E-state index in [1.165, 1.54) is 11.3 Å². The van der Waals surface area contributed by atoms with Crippen LogP contribution < -0.4 is 0 Å². The molecule has 5 nitrogen and oxygen atoms in total. The molecule has 1 aromatic carbocycles. The number of nitrogens with zero attached hydrogens (tertiary/aromatic N) is 1. The van der Waals surface area contributed by atoms with Gasteiger partial charge in [0.2, 0.25) is 0 Å². The normalized spacial score (nSPS) is 16.1. The number of rotatable bonds is 4. The molecule has 1 aliphatic heterocycles. The molecule has 0 radical (unpaired) electrons. The quantitative estimate of drug-likeness (QED) is 0.702. The van der Waals surface area contributed by atoms with Gasteiger partial charge in [-0.2, -0.15) is 0 Å². The Bertz CT molecular complexity index is 996. The van der Waals surface area contributed by atoms with E-state index in [9.17, 15) is 14.7 Å². The minimum Gasteiger partial charge on any atom is -0.481 e. The van der Waals surface area contributed by atoms with E-state index >= 15 is 0 Å². The highest BCUT2D eigenvalue weighted by Gasteiger charge is 2.44. The van der Waals surface area contributed by atoms with E-state index in [-0.39, 0.29) is 5.91 Å². The maximum atomic E-state index is 12.9. The summed E-state index contributed by atoms with van der Waals surface area (Å²) in [5.41, 5.74) is -0.120. The first kappa shape index (κ1) is 18.5. The van der Waals surface area contributed by atoms with Crippen molar-refractivity contribution >= 4 is 23.2 Å². The Morgan fingerprint density at radius 2 is 1.75 bits per heavy atom. The van der Waals surface area contributed by atoms with Gasteiger partial charge in [0.25, 0.3) is 5.91 Å². The number of aryl methyl sites for hydroxylation is 1. The highest BCUT2D eigenvalue weighted by molar-refractivity contribution is 7.17. The number of aliphatic carboxylic acids is 1. The number of hydrogen-bond donors (Lipinski definition) is 1. The second-order valence-electron chi connectivity index (χ2n) is 7.12. The molecular formula is C22H21NO4S. The van der Waals surface area contributed by atoms with Gasteiger partial charge in [-0.05, 0) is 49.6 Å². The Hall–Kier alpha value is -2.86. The van der Waals surface area contributed by atoms with Crippen LogP contribution in [-0.4, -0.2) is 35.0 Å². The van der Waals surface area contributed by atoms with Gasteiger partial charge in [0.15, 0.2) is 0 Å². The largest absolute Gasteiger partial charge is 0.481 e. The summed E-state index contributed by atoms with van der Waals surface area (Å²) in [5.74, 6) is 0.719. The number of hydrogen-bond acceptors (Lipinski definition) is 4. The van der Waals surface area contributed by atoms with E-state index in [2.05, 4.69) is 0 Å². The number of amides is 1. The molecular weight excluding hydrogens is 374 g/mol. The van der Waals surface area contributed by atoms with Gasteiger partial charge in [-0.1, -0.05) is 30.3 Å². The van der Waals surface area contributed by atoms with Gasteiger partial charge in [-0.25, -0.2) is 0 Å². The lowest BCUT2D eigenvalue weighted by atomic mass is 9.73. The van der Waals surface area contributed by atoms with E-state index in [0.29, 0.717) is 30.8 Å². The van der Waals surface area contributed by atoms with Crippen LogP contribution in [0.4, 0.5) is 0 Å². The number of benzene rings is 1. The molecule has 0 bridgehead atoms. The van der Waals surface area contributed by atoms with Gasteiger partial charge < -0.3 is 14.4 Å². The van der Waals surface area contributed by atoms with Crippen molar-refractivity contribution in [1.29, 1.82) is 0 Å². The highest BCUT2D eigenvalue weighted by atomic mass is 32.1. The molecule has 144 valence electrons. The van der Waals surface area contributed by atoms with Crippen molar-refractivity contribution in [3.63, 3.8) is 0 Å². The average Bonchev–Trinajstić information content (AvgIpc) is 3.37. The van der Waals surface area contributed by atoms with Crippen molar-refractivity contribution in [2.75, 3.05) is 13.1 Å². The summed E-state index contributed by atoms with van der Waals surface area (Å²) in [6.07, 6.45) is 0.821. The monoisotopic (exact) mass is 395 g/mol. The van der Waals surface area contributed by atoms with Crippen LogP contribution in [0.25, 0.3) is 10.6 Å². The van der Waals surface area contributed by atoms with Gasteiger partial charge in [-0.15, -0.1) is 11.3 Å². The summed E-state index contributed by atoms with van der Waals surface area (Å²) >= 11 is 1.40. The summed E-state index contributed by atoms with van der Waals surface area (Å²) in [6.45, 7) is 2.73. The summed E-state index contributed by atoms with van der Waals surface area (Å²) < 4.78 is 5.63. The van der Waals surface area contributed by atoms with Crippen molar-refractivity contribution in [3.05, 3.63) is 70.8 Å². The number of carboxylic acid groups (broad SMARTS) is 1. The smallest absolute Gasteiger partial charge is 0.314 e. The van der Waals surface area contributed by atoms with Gasteiger partial charge in [0.1, 0.15) is 11.5 Å². The number of carbonyl (C=O) groups is 2. The molecule has 0 spiro atoms. The first-order valence-electron chi connectivity index (χ1n) is 9.24. The van der Waals surface area contributed by atoms with Crippen LogP contribution in [0, 0.1) is 6.92 Å². The van der Waals surface area contributed by atoms with E-state index in [4.69, 9.17) is 4.42 Å². The van der Waals surface area contributed by atoms with Crippen LogP contribution in [0.15, 0.2) is 59.0 Å². The second-order valence-corrected chi connectivity index (χ2v) is 8.20. The number of likely N-dealkylation sites (tertiary alicyclic amines) is 1. The van der Waals surface area contributed by atoms with Crippen LogP contribution in [0.1, 0.15) is 33.8 Å². The Morgan fingerprint density at radius 3 is 2.36 bits per heavy atom. The Morgan fingerprint density at radius 1 is 1.04 bits per heavy atom. The molecule has 3 heterocycles. The molecule has 1 saturated heterocycles. The van der Waals surface area contributed by atoms with Gasteiger partial charge in [0, 0.05) is 13.1 Å². The average molecular weight is 395 g/mol. The summed E-state index contributed by atoms with van der Waals surface area (Å²) in [4.78, 5) is 28.3. The number of thiophene rings is 1. The molecule has 1 amide bonds. The van der Waals surface area contributed by atoms with E-state index in [1.54, 1.807) is 4.90 Å². The fourth-order valence-electron chi connectivity index (χ4n) is 3.78. The van der Waals surface area contributed by atoms with Crippen LogP contribution in [0.5, 0.6) is 0 Å². The summed E-state index contributed by atoms with van der Waals surface area (Å²) in [5, 5.41) is 9.90. The van der Waals surface area contributed by atoms with Gasteiger partial charge in [0.05, 0.1) is 15.2 Å². The molecule has 0 saturated carbocycles. The van der Waals surface area contributed by atoms with Crippen molar-refractivity contribution in [1.82, 2.24) is 4.90 Å². The van der Waals surface area contributed by atoms with Crippen LogP contribution in [-0.2, 0) is 10.2 Å². The van der Waals surface area contributed by atoms with Crippen molar-refractivity contribution in [2.24, 2.45) is 0 Å². The predicted molar refractivity (Wildman–Crippen MR) is 108 cm³/mol. The minimum atomic E-state index is -0.926. The third-order valence-corrected chi connectivity index (χ3v) is 6.53. The summed E-state index contributed by atoms with van der Waals surface area (Å²) in [7, 11) is 0. The predicted octanol–water partition coefficient (Wildman–Crippen LogP) is 4.58. The zero-order valence-corrected chi connectivity index (χ0v) is 16.4. The molecule has 6 heteroatoms. The lowest BCUT2D eigenvalue weighted by molar-refractivity contribution is -0.145. The van der Waals surface area contributed by atoms with Gasteiger partial charge >= 0.3 is 5.97 Å². The van der Waals surface area contributed by atoms with Crippen molar-refractivity contribution < 1.29 is 19.1 Å². The first-order valence-corrected chi connectivity index (χ1v) is 10.1. The fraction of sp³-hybridized carbons (Fsp3) is 0.273. The number of carboxylic acids is 1. The molecule has 3 aromatic rings. The first-order chi connectivity index (χ1) is 13.5. The zero-order chi connectivity index (χ0) is 19.7. The summed E-state index contributed by atoms with van der Waals surface area (Å²) in [6, 6.07) is 16.8. The lowest BCUT2D eigenvalue weighted by Crippen LogP contribution is -2.49. The Balaban J connectivity index is 1.50. The Kier molecular flexibility index (Phi) is 4.81. The molecule has 0 atom stereocenters. The highest BCUT2D eigenvalue weighted by Crippen LogP contribution is 2.37. The molecule has 0 unspecified atom stereocenters. The molecule has 4 rings (SSSR count). The van der Waals surface area contributed by atoms with Crippen molar-refractivity contribution in [2.45, 2.75) is 25.2 Å². The number of furan rings is 1. The maximum absolute atomic E-state index is 12.9. The minimum absolute atomic E-state index is 0.0495. The van der Waals surface area contributed by atoms with Crippen LogP contribution in [0.2, 0.25) is 0 Å². The van der Waals surface area contributed by atoms with Crippen molar-refractivity contribution in [3.8, 4) is 10.6 Å². The Labute approximate surface area is 167 Å². The maximum Gasteiger partial charge on any atom is 0.314 e. The fourth-order valence-corrected chi connectivity index (χ4v) is 4.72. The topological polar surface area (TPSA) is 70.8 Å². The molecule has 2 aromatic heterocycles. The van der Waals surface area contributed by atoms with E-state index in [0.717, 1.165) is 22.0 Å². The molecule has 1 aliphatic rings. The van der Waals surface area contributed by atoms with Crippen LogP contribution in [0.3, 0.4) is 0 Å². The number of carbonyl (C=O) groups excluding carboxylic acids is 1. The van der Waals surface area contributed by atoms with E-state index < -0.39 is 11.4 Å². The lowest BCUT2D eigenvalue weighted by Gasteiger charge is -2.39.